The molecule has 0 saturated heterocycles. The molecule has 2 aromatic rings. The molecule has 0 aromatic heterocycles. The number of fused-ring (bicyclic) bond motifs is 1. The lowest BCUT2D eigenvalue weighted by Gasteiger charge is -2.08. The van der Waals surface area contributed by atoms with Crippen molar-refractivity contribution in [3.05, 3.63) is 53.6 Å². The number of urea groups is 1. The quantitative estimate of drug-likeness (QED) is 0.805. The highest BCUT2D eigenvalue weighted by molar-refractivity contribution is 5.90. The van der Waals surface area contributed by atoms with Gasteiger partial charge in [-0.15, -0.1) is 0 Å². The third-order valence-corrected chi connectivity index (χ3v) is 3.28. The lowest BCUT2D eigenvalue weighted by molar-refractivity contribution is 0.0697. The molecule has 0 saturated carbocycles. The summed E-state index contributed by atoms with van der Waals surface area (Å²) in [7, 11) is 0. The number of carboxylic acids is 1. The molecule has 1 aliphatic heterocycles. The standard InChI is InChI=1S/C16H14N2O5/c19-15(20)11-3-1-10(2-4-11)8-17-16(21)18-12-5-6-13-14(7-12)23-9-22-13/h1-7H,8-9H2,(H,19,20)(H2,17,18,21). The predicted molar refractivity (Wildman–Crippen MR) is 81.8 cm³/mol. The molecule has 0 radical (unpaired) electrons. The van der Waals surface area contributed by atoms with Crippen LogP contribution in [0.1, 0.15) is 15.9 Å². The van der Waals surface area contributed by atoms with E-state index in [0.717, 1.165) is 5.56 Å². The van der Waals surface area contributed by atoms with E-state index in [4.69, 9.17) is 14.6 Å². The summed E-state index contributed by atoms with van der Waals surface area (Å²) < 4.78 is 10.4. The molecule has 0 bridgehead atoms. The Balaban J connectivity index is 1.54. The molecule has 1 heterocycles. The first-order valence-corrected chi connectivity index (χ1v) is 6.88. The second kappa shape index (κ2) is 6.27. The molecular formula is C16H14N2O5. The van der Waals surface area contributed by atoms with Crippen LogP contribution in [0, 0.1) is 0 Å². The number of nitrogens with one attached hydrogen (secondary N) is 2. The van der Waals surface area contributed by atoms with E-state index in [2.05, 4.69) is 10.6 Å². The van der Waals surface area contributed by atoms with Crippen LogP contribution in [0.15, 0.2) is 42.5 Å². The fraction of sp³-hybridized carbons (Fsp3) is 0.125. The molecule has 2 amide bonds. The first kappa shape index (κ1) is 14.7. The Labute approximate surface area is 131 Å². The van der Waals surface area contributed by atoms with Gasteiger partial charge in [-0.2, -0.15) is 0 Å². The van der Waals surface area contributed by atoms with Crippen LogP contribution >= 0.6 is 0 Å². The number of ether oxygens (including phenoxy) is 2. The topological polar surface area (TPSA) is 96.9 Å². The summed E-state index contributed by atoms with van der Waals surface area (Å²) >= 11 is 0. The van der Waals surface area contributed by atoms with E-state index in [1.165, 1.54) is 12.1 Å². The van der Waals surface area contributed by atoms with Gasteiger partial charge in [0.15, 0.2) is 11.5 Å². The number of amides is 2. The van der Waals surface area contributed by atoms with Crippen LogP contribution < -0.4 is 20.1 Å². The summed E-state index contributed by atoms with van der Waals surface area (Å²) in [6, 6.07) is 11.1. The van der Waals surface area contributed by atoms with Crippen molar-refractivity contribution in [3.63, 3.8) is 0 Å². The number of aromatic carboxylic acids is 1. The van der Waals surface area contributed by atoms with Crippen molar-refractivity contribution < 1.29 is 24.2 Å². The number of rotatable bonds is 4. The van der Waals surface area contributed by atoms with Gasteiger partial charge in [0.2, 0.25) is 6.79 Å². The molecule has 0 aliphatic carbocycles. The zero-order valence-electron chi connectivity index (χ0n) is 12.0. The van der Waals surface area contributed by atoms with Gasteiger partial charge in [0.05, 0.1) is 5.56 Å². The summed E-state index contributed by atoms with van der Waals surface area (Å²) in [6.45, 7) is 0.466. The van der Waals surface area contributed by atoms with Crippen LogP contribution in [0.25, 0.3) is 0 Å². The van der Waals surface area contributed by atoms with E-state index in [-0.39, 0.29) is 24.9 Å². The van der Waals surface area contributed by atoms with Crippen LogP contribution in [-0.2, 0) is 6.54 Å². The summed E-state index contributed by atoms with van der Waals surface area (Å²) in [4.78, 5) is 22.6. The van der Waals surface area contributed by atoms with Gasteiger partial charge in [0.25, 0.3) is 0 Å². The minimum atomic E-state index is -0.981. The van der Waals surface area contributed by atoms with Gasteiger partial charge in [-0.25, -0.2) is 9.59 Å². The smallest absolute Gasteiger partial charge is 0.335 e. The molecule has 23 heavy (non-hydrogen) atoms. The van der Waals surface area contributed by atoms with E-state index in [1.54, 1.807) is 30.3 Å². The van der Waals surface area contributed by atoms with Gasteiger partial charge in [0.1, 0.15) is 0 Å². The number of hydrogen-bond donors (Lipinski definition) is 3. The minimum absolute atomic E-state index is 0.178. The van der Waals surface area contributed by atoms with Gasteiger partial charge in [-0.3, -0.25) is 0 Å². The maximum Gasteiger partial charge on any atom is 0.335 e. The molecule has 7 heteroatoms. The van der Waals surface area contributed by atoms with E-state index in [1.807, 2.05) is 0 Å². The van der Waals surface area contributed by atoms with E-state index < -0.39 is 5.97 Å². The van der Waals surface area contributed by atoms with Crippen LogP contribution in [0.2, 0.25) is 0 Å². The third-order valence-electron chi connectivity index (χ3n) is 3.28. The van der Waals surface area contributed by atoms with Gasteiger partial charge in [-0.1, -0.05) is 12.1 Å². The normalized spacial score (nSPS) is 11.8. The maximum absolute atomic E-state index is 11.9. The molecular weight excluding hydrogens is 300 g/mol. The zero-order valence-corrected chi connectivity index (χ0v) is 12.0. The third kappa shape index (κ3) is 3.52. The molecule has 0 unspecified atom stereocenters. The summed E-state index contributed by atoms with van der Waals surface area (Å²) in [6.07, 6.45) is 0. The number of carbonyl (C=O) groups excluding carboxylic acids is 1. The SMILES string of the molecule is O=C(NCc1ccc(C(=O)O)cc1)Nc1ccc2c(c1)OCO2. The first-order valence-electron chi connectivity index (χ1n) is 6.88. The Hall–Kier alpha value is -3.22. The fourth-order valence-electron chi connectivity index (χ4n) is 2.10. The van der Waals surface area contributed by atoms with Crippen molar-refractivity contribution in [2.75, 3.05) is 12.1 Å². The van der Waals surface area contributed by atoms with Gasteiger partial charge < -0.3 is 25.2 Å². The molecule has 7 nitrogen and oxygen atoms in total. The molecule has 0 fully saturated rings. The van der Waals surface area contributed by atoms with Crippen molar-refractivity contribution in [2.24, 2.45) is 0 Å². The van der Waals surface area contributed by atoms with E-state index in [0.29, 0.717) is 17.2 Å². The van der Waals surface area contributed by atoms with Crippen LogP contribution in [0.5, 0.6) is 11.5 Å². The van der Waals surface area contributed by atoms with Crippen molar-refractivity contribution in [2.45, 2.75) is 6.54 Å². The second-order valence-electron chi connectivity index (χ2n) is 4.88. The molecule has 3 N–H and O–H groups in total. The zero-order chi connectivity index (χ0) is 16.2. The number of carbonyl (C=O) groups is 2. The molecule has 0 spiro atoms. The van der Waals surface area contributed by atoms with Crippen LogP contribution in [0.4, 0.5) is 10.5 Å². The Morgan fingerprint density at radius 1 is 1.04 bits per heavy atom. The van der Waals surface area contributed by atoms with Gasteiger partial charge >= 0.3 is 12.0 Å². The Kier molecular flexibility index (Phi) is 4.01. The van der Waals surface area contributed by atoms with Crippen molar-refractivity contribution in [3.8, 4) is 11.5 Å². The average Bonchev–Trinajstić information content (AvgIpc) is 3.01. The minimum Gasteiger partial charge on any atom is -0.478 e. The Morgan fingerprint density at radius 3 is 2.52 bits per heavy atom. The summed E-state index contributed by atoms with van der Waals surface area (Å²) in [5, 5.41) is 14.2. The van der Waals surface area contributed by atoms with Crippen molar-refractivity contribution >= 4 is 17.7 Å². The summed E-state index contributed by atoms with van der Waals surface area (Å²) in [5.74, 6) is 0.256. The lowest BCUT2D eigenvalue weighted by Crippen LogP contribution is -2.28. The largest absolute Gasteiger partial charge is 0.478 e. The molecule has 1 aliphatic rings. The summed E-state index contributed by atoms with van der Waals surface area (Å²) in [5.41, 5.74) is 1.60. The highest BCUT2D eigenvalue weighted by Crippen LogP contribution is 2.34. The second-order valence-corrected chi connectivity index (χ2v) is 4.88. The monoisotopic (exact) mass is 314 g/mol. The van der Waals surface area contributed by atoms with Crippen LogP contribution in [0.3, 0.4) is 0 Å². The predicted octanol–water partition coefficient (Wildman–Crippen LogP) is 2.44. The number of hydrogen-bond acceptors (Lipinski definition) is 4. The average molecular weight is 314 g/mol. The molecule has 2 aromatic carbocycles. The molecule has 118 valence electrons. The van der Waals surface area contributed by atoms with E-state index >= 15 is 0 Å². The highest BCUT2D eigenvalue weighted by atomic mass is 16.7. The maximum atomic E-state index is 11.9. The Bertz CT molecular complexity index is 743. The Morgan fingerprint density at radius 2 is 1.78 bits per heavy atom. The number of anilines is 1. The molecule has 3 rings (SSSR count). The van der Waals surface area contributed by atoms with Gasteiger partial charge in [-0.05, 0) is 29.8 Å². The van der Waals surface area contributed by atoms with Crippen molar-refractivity contribution in [1.29, 1.82) is 0 Å². The van der Waals surface area contributed by atoms with Crippen LogP contribution in [-0.4, -0.2) is 23.9 Å². The van der Waals surface area contributed by atoms with Crippen molar-refractivity contribution in [1.82, 2.24) is 5.32 Å². The first-order chi connectivity index (χ1) is 11.1. The van der Waals surface area contributed by atoms with Gasteiger partial charge in [0, 0.05) is 18.3 Å². The highest BCUT2D eigenvalue weighted by Gasteiger charge is 2.14. The fourth-order valence-corrected chi connectivity index (χ4v) is 2.10. The lowest BCUT2D eigenvalue weighted by atomic mass is 10.1. The number of benzene rings is 2. The number of carboxylic acid groups (broad SMARTS) is 1. The van der Waals surface area contributed by atoms with E-state index in [9.17, 15) is 9.59 Å². The molecule has 0 atom stereocenters.